The molecule has 0 amide bonds. The molecule has 0 N–H and O–H groups in total. The zero-order chi connectivity index (χ0) is 9.42. The van der Waals surface area contributed by atoms with Crippen LogP contribution in [0.1, 0.15) is 5.56 Å². The average molecular weight is 294 g/mol. The van der Waals surface area contributed by atoms with Crippen LogP contribution in [0.3, 0.4) is 0 Å². The van der Waals surface area contributed by atoms with Crippen LogP contribution in [0.2, 0.25) is 5.02 Å². The summed E-state index contributed by atoms with van der Waals surface area (Å²) < 4.78 is 1.23. The van der Waals surface area contributed by atoms with Gasteiger partial charge in [0.1, 0.15) is 0 Å². The molecule has 0 spiro atoms. The van der Waals surface area contributed by atoms with Crippen LogP contribution in [0.5, 0.6) is 0 Å². The highest BCUT2D eigenvalue weighted by Crippen LogP contribution is 2.36. The first-order chi connectivity index (χ1) is 6.24. The second-order valence-electron chi connectivity index (χ2n) is 2.66. The Hall–Kier alpha value is 0.300. The fourth-order valence-corrected chi connectivity index (χ4v) is 3.89. The Morgan fingerprint density at radius 2 is 2.23 bits per heavy atom. The summed E-state index contributed by atoms with van der Waals surface area (Å²) in [5, 5.41) is 4.74. The van der Waals surface area contributed by atoms with Crippen molar-refractivity contribution < 1.29 is 0 Å². The third-order valence-electron chi connectivity index (χ3n) is 1.91. The van der Waals surface area contributed by atoms with Gasteiger partial charge in [-0.15, -0.1) is 24.0 Å². The van der Waals surface area contributed by atoms with E-state index in [4.69, 9.17) is 11.6 Å². The number of halogens is 2. The first-order valence-electron chi connectivity index (χ1n) is 3.67. The molecule has 0 aliphatic carbocycles. The molecule has 0 radical (unpaired) electrons. The lowest BCUT2D eigenvalue weighted by Crippen LogP contribution is -1.80. The van der Waals surface area contributed by atoms with Crippen LogP contribution in [0.25, 0.3) is 10.1 Å². The molecule has 2 aromatic rings. The van der Waals surface area contributed by atoms with Gasteiger partial charge in [-0.1, -0.05) is 33.6 Å². The molecule has 0 bridgehead atoms. The van der Waals surface area contributed by atoms with Crippen LogP contribution in [-0.2, 0) is 5.33 Å². The lowest BCUT2D eigenvalue weighted by atomic mass is 10.2. The number of fused-ring (bicyclic) bond motifs is 1. The topological polar surface area (TPSA) is 0 Å². The maximum Gasteiger partial charge on any atom is 0.0591 e. The maximum absolute atomic E-state index is 6.02. The summed E-state index contributed by atoms with van der Waals surface area (Å²) in [6.07, 6.45) is 0. The highest BCUT2D eigenvalue weighted by atomic mass is 79.9. The van der Waals surface area contributed by atoms with Crippen LogP contribution < -0.4 is 0 Å². The van der Waals surface area contributed by atoms with Gasteiger partial charge in [-0.3, -0.25) is 0 Å². The summed E-state index contributed by atoms with van der Waals surface area (Å²) in [5.74, 6) is 0. The van der Waals surface area contributed by atoms with E-state index in [0.29, 0.717) is 0 Å². The first kappa shape index (κ1) is 9.84. The third kappa shape index (κ3) is 1.63. The van der Waals surface area contributed by atoms with Crippen molar-refractivity contribution in [3.63, 3.8) is 0 Å². The third-order valence-corrected chi connectivity index (χ3v) is 4.38. The standard InChI is InChI=1S/C9H6BrClS2/c10-3-6-8(12)2-1-5-7(11)4-13-9(5)6/h1-2,4,12H,3H2. The molecular weight excluding hydrogens is 288 g/mol. The summed E-state index contributed by atoms with van der Waals surface area (Å²) >= 11 is 15.5. The molecule has 68 valence electrons. The van der Waals surface area contributed by atoms with Crippen molar-refractivity contribution in [1.29, 1.82) is 0 Å². The molecule has 0 fully saturated rings. The van der Waals surface area contributed by atoms with E-state index in [0.717, 1.165) is 20.6 Å². The fraction of sp³-hybridized carbons (Fsp3) is 0.111. The minimum Gasteiger partial charge on any atom is -0.143 e. The van der Waals surface area contributed by atoms with Gasteiger partial charge in [0.25, 0.3) is 0 Å². The Morgan fingerprint density at radius 3 is 2.92 bits per heavy atom. The van der Waals surface area contributed by atoms with E-state index in [9.17, 15) is 0 Å². The second-order valence-corrected chi connectivity index (χ2v) is 4.99. The molecular formula is C9H6BrClS2. The molecule has 1 aromatic carbocycles. The summed E-state index contributed by atoms with van der Waals surface area (Å²) in [4.78, 5) is 1.02. The number of hydrogen-bond donors (Lipinski definition) is 1. The van der Waals surface area contributed by atoms with Crippen molar-refractivity contribution >= 4 is 61.6 Å². The molecule has 0 nitrogen and oxygen atoms in total. The van der Waals surface area contributed by atoms with Gasteiger partial charge in [0.15, 0.2) is 0 Å². The number of thiophene rings is 1. The minimum atomic E-state index is 0.819. The second kappa shape index (κ2) is 3.81. The summed E-state index contributed by atoms with van der Waals surface area (Å²) in [6, 6.07) is 4.00. The molecule has 0 atom stereocenters. The normalized spacial score (nSPS) is 11.0. The Labute approximate surface area is 99.4 Å². The van der Waals surface area contributed by atoms with E-state index in [1.165, 1.54) is 10.3 Å². The van der Waals surface area contributed by atoms with Crippen LogP contribution in [0, 0.1) is 0 Å². The van der Waals surface area contributed by atoms with Crippen LogP contribution >= 0.6 is 51.5 Å². The van der Waals surface area contributed by atoms with Gasteiger partial charge in [-0.2, -0.15) is 0 Å². The van der Waals surface area contributed by atoms with Crippen molar-refractivity contribution in [2.75, 3.05) is 0 Å². The highest BCUT2D eigenvalue weighted by molar-refractivity contribution is 9.08. The lowest BCUT2D eigenvalue weighted by Gasteiger charge is -2.02. The van der Waals surface area contributed by atoms with E-state index >= 15 is 0 Å². The molecule has 13 heavy (non-hydrogen) atoms. The van der Waals surface area contributed by atoms with E-state index in [1.54, 1.807) is 11.3 Å². The Morgan fingerprint density at radius 1 is 1.46 bits per heavy atom. The quantitative estimate of drug-likeness (QED) is 0.570. The SMILES string of the molecule is Sc1ccc2c(Cl)csc2c1CBr. The van der Waals surface area contributed by atoms with Crippen LogP contribution in [0.4, 0.5) is 0 Å². The molecule has 2 rings (SSSR count). The monoisotopic (exact) mass is 292 g/mol. The summed E-state index contributed by atoms with van der Waals surface area (Å²) in [6.45, 7) is 0. The van der Waals surface area contributed by atoms with E-state index in [1.807, 2.05) is 17.5 Å². The van der Waals surface area contributed by atoms with Crippen molar-refractivity contribution in [2.24, 2.45) is 0 Å². The van der Waals surface area contributed by atoms with Crippen molar-refractivity contribution in [3.8, 4) is 0 Å². The molecule has 1 heterocycles. The predicted molar refractivity (Wildman–Crippen MR) is 66.7 cm³/mol. The smallest absolute Gasteiger partial charge is 0.0591 e. The summed E-state index contributed by atoms with van der Waals surface area (Å²) in [5.41, 5.74) is 1.22. The number of thiol groups is 1. The predicted octanol–water partition coefficient (Wildman–Crippen LogP) is 4.74. The van der Waals surface area contributed by atoms with E-state index in [2.05, 4.69) is 28.6 Å². The van der Waals surface area contributed by atoms with Crippen LogP contribution in [-0.4, -0.2) is 0 Å². The maximum atomic E-state index is 6.02. The van der Waals surface area contributed by atoms with Gasteiger partial charge in [0.2, 0.25) is 0 Å². The molecule has 1 aromatic heterocycles. The first-order valence-corrected chi connectivity index (χ1v) is 6.50. The number of alkyl halides is 1. The van der Waals surface area contributed by atoms with Gasteiger partial charge in [-0.25, -0.2) is 0 Å². The van der Waals surface area contributed by atoms with Crippen molar-refractivity contribution in [3.05, 3.63) is 28.1 Å². The number of hydrogen-bond acceptors (Lipinski definition) is 2. The zero-order valence-electron chi connectivity index (χ0n) is 6.55. The van der Waals surface area contributed by atoms with Gasteiger partial charge < -0.3 is 0 Å². The molecule has 0 aliphatic rings. The van der Waals surface area contributed by atoms with Gasteiger partial charge in [0, 0.05) is 25.7 Å². The largest absolute Gasteiger partial charge is 0.143 e. The van der Waals surface area contributed by atoms with Gasteiger partial charge >= 0.3 is 0 Å². The van der Waals surface area contributed by atoms with Gasteiger partial charge in [-0.05, 0) is 11.6 Å². The molecule has 0 aliphatic heterocycles. The fourth-order valence-electron chi connectivity index (χ4n) is 1.24. The van der Waals surface area contributed by atoms with Crippen molar-refractivity contribution in [1.82, 2.24) is 0 Å². The lowest BCUT2D eigenvalue weighted by molar-refractivity contribution is 1.34. The molecule has 0 saturated heterocycles. The highest BCUT2D eigenvalue weighted by Gasteiger charge is 2.08. The Balaban J connectivity index is 2.85. The Bertz CT molecular complexity index is 450. The average Bonchev–Trinajstić information content (AvgIpc) is 2.48. The zero-order valence-corrected chi connectivity index (χ0v) is 10.6. The summed E-state index contributed by atoms with van der Waals surface area (Å²) in [7, 11) is 0. The van der Waals surface area contributed by atoms with Gasteiger partial charge in [0.05, 0.1) is 5.02 Å². The number of rotatable bonds is 1. The number of benzene rings is 1. The van der Waals surface area contributed by atoms with E-state index < -0.39 is 0 Å². The van der Waals surface area contributed by atoms with E-state index in [-0.39, 0.29) is 0 Å². The van der Waals surface area contributed by atoms with Crippen molar-refractivity contribution in [2.45, 2.75) is 10.2 Å². The minimum absolute atomic E-state index is 0.819. The van der Waals surface area contributed by atoms with Crippen LogP contribution in [0.15, 0.2) is 22.4 Å². The Kier molecular flexibility index (Phi) is 2.88. The molecule has 0 saturated carbocycles. The molecule has 0 unspecified atom stereocenters. The molecule has 4 heteroatoms.